The van der Waals surface area contributed by atoms with Crippen LogP contribution in [0.15, 0.2) is 30.6 Å². The van der Waals surface area contributed by atoms with Crippen LogP contribution < -0.4 is 5.32 Å². The molecule has 0 unspecified atom stereocenters. The zero-order valence-corrected chi connectivity index (χ0v) is 11.8. The number of aryl methyl sites for hydroxylation is 1. The Morgan fingerprint density at radius 3 is 2.95 bits per heavy atom. The number of rotatable bonds is 5. The van der Waals surface area contributed by atoms with E-state index in [1.165, 1.54) is 24.0 Å². The third-order valence-corrected chi connectivity index (χ3v) is 3.73. The maximum Gasteiger partial charge on any atom is 0.0568 e. The number of aromatic nitrogens is 2. The third kappa shape index (κ3) is 2.99. The van der Waals surface area contributed by atoms with E-state index in [1.807, 2.05) is 23.0 Å². The Labute approximate surface area is 118 Å². The zero-order valence-electron chi connectivity index (χ0n) is 11.1. The van der Waals surface area contributed by atoms with Crippen molar-refractivity contribution >= 4 is 11.6 Å². The van der Waals surface area contributed by atoms with E-state index in [2.05, 4.69) is 29.6 Å². The van der Waals surface area contributed by atoms with Gasteiger partial charge in [0.15, 0.2) is 0 Å². The molecule has 0 spiro atoms. The highest BCUT2D eigenvalue weighted by Crippen LogP contribution is 2.28. The summed E-state index contributed by atoms with van der Waals surface area (Å²) in [5.41, 5.74) is 3.60. The van der Waals surface area contributed by atoms with Crippen molar-refractivity contribution in [3.05, 3.63) is 41.2 Å². The molecule has 0 atom stereocenters. The number of halogens is 1. The Morgan fingerprint density at radius 1 is 1.42 bits per heavy atom. The fraction of sp³-hybridized carbons (Fsp3) is 0.400. The molecule has 1 fully saturated rings. The zero-order chi connectivity index (χ0) is 13.2. The Balaban J connectivity index is 1.89. The number of hydrogen-bond acceptors (Lipinski definition) is 2. The normalized spacial score (nSPS) is 14.8. The van der Waals surface area contributed by atoms with E-state index in [1.54, 1.807) is 0 Å². The molecular weight excluding hydrogens is 258 g/mol. The number of benzene rings is 1. The molecule has 1 aliphatic rings. The molecule has 0 radical (unpaired) electrons. The molecule has 1 aliphatic carbocycles. The van der Waals surface area contributed by atoms with Gasteiger partial charge in [-0.2, -0.15) is 5.10 Å². The minimum absolute atomic E-state index is 0.710. The molecule has 0 amide bonds. The Morgan fingerprint density at radius 2 is 2.26 bits per heavy atom. The smallest absolute Gasteiger partial charge is 0.0568 e. The van der Waals surface area contributed by atoms with Crippen LogP contribution in [0.4, 0.5) is 0 Å². The van der Waals surface area contributed by atoms with Crippen LogP contribution in [0.5, 0.6) is 0 Å². The molecule has 100 valence electrons. The first-order valence-corrected chi connectivity index (χ1v) is 7.18. The van der Waals surface area contributed by atoms with Crippen molar-refractivity contribution in [2.75, 3.05) is 0 Å². The van der Waals surface area contributed by atoms with Crippen molar-refractivity contribution < 1.29 is 0 Å². The summed E-state index contributed by atoms with van der Waals surface area (Å²) in [6.45, 7) is 3.87. The standard InChI is InChI=1S/C15H18ClN3/c1-2-19-10-12(9-18-19)15-7-13(16)4-3-11(15)8-17-14-5-6-14/h3-4,7,9-10,14,17H,2,5-6,8H2,1H3. The van der Waals surface area contributed by atoms with Crippen LogP contribution in [0.25, 0.3) is 11.1 Å². The van der Waals surface area contributed by atoms with Crippen molar-refractivity contribution in [2.24, 2.45) is 0 Å². The average molecular weight is 276 g/mol. The fourth-order valence-electron chi connectivity index (χ4n) is 2.19. The second-order valence-corrected chi connectivity index (χ2v) is 5.48. The summed E-state index contributed by atoms with van der Waals surface area (Å²) >= 11 is 6.13. The van der Waals surface area contributed by atoms with E-state index in [0.29, 0.717) is 6.04 Å². The topological polar surface area (TPSA) is 29.9 Å². The van der Waals surface area contributed by atoms with Gasteiger partial charge in [0.05, 0.1) is 6.20 Å². The molecule has 19 heavy (non-hydrogen) atoms. The van der Waals surface area contributed by atoms with Crippen molar-refractivity contribution in [3.8, 4) is 11.1 Å². The van der Waals surface area contributed by atoms with E-state index in [0.717, 1.165) is 23.7 Å². The predicted octanol–water partition coefficient (Wildman–Crippen LogP) is 3.48. The molecule has 1 heterocycles. The number of hydrogen-bond donors (Lipinski definition) is 1. The first-order valence-electron chi connectivity index (χ1n) is 6.81. The lowest BCUT2D eigenvalue weighted by atomic mass is 10.0. The Kier molecular flexibility index (Phi) is 3.58. The molecular formula is C15H18ClN3. The molecule has 1 saturated carbocycles. The van der Waals surface area contributed by atoms with Crippen molar-refractivity contribution in [1.29, 1.82) is 0 Å². The van der Waals surface area contributed by atoms with Crippen LogP contribution in [-0.2, 0) is 13.1 Å². The number of nitrogens with one attached hydrogen (secondary N) is 1. The summed E-state index contributed by atoms with van der Waals surface area (Å²) in [6, 6.07) is 6.81. The summed E-state index contributed by atoms with van der Waals surface area (Å²) in [5.74, 6) is 0. The Bertz CT molecular complexity index is 573. The second kappa shape index (κ2) is 5.35. The van der Waals surface area contributed by atoms with Crippen molar-refractivity contribution in [2.45, 2.75) is 38.9 Å². The molecule has 0 saturated heterocycles. The van der Waals surface area contributed by atoms with Gasteiger partial charge in [0.1, 0.15) is 0 Å². The second-order valence-electron chi connectivity index (χ2n) is 5.04. The van der Waals surface area contributed by atoms with Crippen molar-refractivity contribution in [3.63, 3.8) is 0 Å². The largest absolute Gasteiger partial charge is 0.310 e. The van der Waals surface area contributed by atoms with E-state index >= 15 is 0 Å². The van der Waals surface area contributed by atoms with Gasteiger partial charge in [-0.05, 0) is 43.0 Å². The Hall–Kier alpha value is -1.32. The lowest BCUT2D eigenvalue weighted by Crippen LogP contribution is -2.15. The van der Waals surface area contributed by atoms with Crippen LogP contribution in [0.1, 0.15) is 25.3 Å². The predicted molar refractivity (Wildman–Crippen MR) is 78.2 cm³/mol. The van der Waals surface area contributed by atoms with E-state index in [4.69, 9.17) is 11.6 Å². The molecule has 3 nitrogen and oxygen atoms in total. The monoisotopic (exact) mass is 275 g/mol. The van der Waals surface area contributed by atoms with Crippen LogP contribution >= 0.6 is 11.6 Å². The molecule has 3 rings (SSSR count). The summed E-state index contributed by atoms with van der Waals surface area (Å²) in [7, 11) is 0. The maximum atomic E-state index is 6.13. The molecule has 1 aromatic carbocycles. The average Bonchev–Trinajstić information content (AvgIpc) is 3.13. The first-order chi connectivity index (χ1) is 9.26. The van der Waals surface area contributed by atoms with Crippen LogP contribution in [0.3, 0.4) is 0 Å². The van der Waals surface area contributed by atoms with Gasteiger partial charge < -0.3 is 5.32 Å². The summed E-state index contributed by atoms with van der Waals surface area (Å²) < 4.78 is 1.94. The van der Waals surface area contributed by atoms with Gasteiger partial charge in [-0.3, -0.25) is 4.68 Å². The quantitative estimate of drug-likeness (QED) is 0.905. The maximum absolute atomic E-state index is 6.13. The fourth-order valence-corrected chi connectivity index (χ4v) is 2.36. The molecule has 0 aliphatic heterocycles. The molecule has 1 N–H and O–H groups in total. The minimum Gasteiger partial charge on any atom is -0.310 e. The van der Waals surface area contributed by atoms with Gasteiger partial charge in [-0.1, -0.05) is 17.7 Å². The summed E-state index contributed by atoms with van der Waals surface area (Å²) in [4.78, 5) is 0. The van der Waals surface area contributed by atoms with E-state index in [-0.39, 0.29) is 0 Å². The third-order valence-electron chi connectivity index (χ3n) is 3.50. The SMILES string of the molecule is CCn1cc(-c2cc(Cl)ccc2CNC2CC2)cn1. The molecule has 0 bridgehead atoms. The van der Waals surface area contributed by atoms with Gasteiger partial charge in [-0.25, -0.2) is 0 Å². The van der Waals surface area contributed by atoms with Gasteiger partial charge >= 0.3 is 0 Å². The van der Waals surface area contributed by atoms with Gasteiger partial charge in [0.2, 0.25) is 0 Å². The molecule has 1 aromatic heterocycles. The summed E-state index contributed by atoms with van der Waals surface area (Å²) in [5, 5.41) is 8.67. The highest BCUT2D eigenvalue weighted by atomic mass is 35.5. The van der Waals surface area contributed by atoms with E-state index in [9.17, 15) is 0 Å². The van der Waals surface area contributed by atoms with Gasteiger partial charge in [-0.15, -0.1) is 0 Å². The van der Waals surface area contributed by atoms with Gasteiger partial charge in [0, 0.05) is 35.9 Å². The minimum atomic E-state index is 0.710. The van der Waals surface area contributed by atoms with Crippen LogP contribution in [0, 0.1) is 0 Å². The highest BCUT2D eigenvalue weighted by molar-refractivity contribution is 6.30. The van der Waals surface area contributed by atoms with E-state index < -0.39 is 0 Å². The highest BCUT2D eigenvalue weighted by Gasteiger charge is 2.20. The van der Waals surface area contributed by atoms with Crippen LogP contribution in [0.2, 0.25) is 5.02 Å². The number of nitrogens with zero attached hydrogens (tertiary/aromatic N) is 2. The lowest BCUT2D eigenvalue weighted by Gasteiger charge is -2.09. The molecule has 2 aromatic rings. The first kappa shape index (κ1) is 12.7. The lowest BCUT2D eigenvalue weighted by molar-refractivity contribution is 0.660. The summed E-state index contributed by atoms with van der Waals surface area (Å²) in [6.07, 6.45) is 6.59. The van der Waals surface area contributed by atoms with Gasteiger partial charge in [0.25, 0.3) is 0 Å². The van der Waals surface area contributed by atoms with Crippen molar-refractivity contribution in [1.82, 2.24) is 15.1 Å². The van der Waals surface area contributed by atoms with Crippen LogP contribution in [-0.4, -0.2) is 15.8 Å². The molecule has 4 heteroatoms.